The van der Waals surface area contributed by atoms with Gasteiger partial charge in [-0.05, 0) is 49.2 Å². The first kappa shape index (κ1) is 20.9. The number of fused-ring (bicyclic) bond motifs is 1. The Hall–Kier alpha value is -3.94. The van der Waals surface area contributed by atoms with E-state index in [4.69, 9.17) is 14.5 Å². The second-order valence-corrected chi connectivity index (χ2v) is 8.12. The van der Waals surface area contributed by atoms with Gasteiger partial charge in [0.25, 0.3) is 5.91 Å². The van der Waals surface area contributed by atoms with Crippen LogP contribution in [0, 0.1) is 0 Å². The molecule has 4 heterocycles. The number of carbonyl (C=O) groups excluding carboxylic acids is 1. The number of likely N-dealkylation sites (tertiary alicyclic amines) is 1. The van der Waals surface area contributed by atoms with Gasteiger partial charge in [0.1, 0.15) is 29.7 Å². The minimum atomic E-state index is 0.0157. The van der Waals surface area contributed by atoms with Crippen LogP contribution in [-0.4, -0.2) is 52.6 Å². The molecule has 2 aliphatic heterocycles. The van der Waals surface area contributed by atoms with Crippen LogP contribution in [0.1, 0.15) is 30.0 Å². The van der Waals surface area contributed by atoms with E-state index in [1.54, 1.807) is 25.7 Å². The number of amides is 1. The molecule has 0 spiro atoms. The molecule has 5 rings (SSSR count). The van der Waals surface area contributed by atoms with Crippen LogP contribution in [-0.2, 0) is 4.79 Å². The molecule has 168 valence electrons. The second-order valence-electron chi connectivity index (χ2n) is 8.12. The van der Waals surface area contributed by atoms with Crippen LogP contribution >= 0.6 is 0 Å². The van der Waals surface area contributed by atoms with Gasteiger partial charge < -0.3 is 19.7 Å². The van der Waals surface area contributed by atoms with Gasteiger partial charge in [-0.2, -0.15) is 0 Å². The molecule has 1 aromatic carbocycles. The van der Waals surface area contributed by atoms with E-state index in [9.17, 15) is 4.79 Å². The number of aromatic nitrogens is 3. The number of carbonyl (C=O) groups is 1. The summed E-state index contributed by atoms with van der Waals surface area (Å²) in [6, 6.07) is 11.5. The minimum Gasteiger partial charge on any atom is -0.497 e. The van der Waals surface area contributed by atoms with Gasteiger partial charge in [0, 0.05) is 42.7 Å². The van der Waals surface area contributed by atoms with Gasteiger partial charge in [-0.15, -0.1) is 0 Å². The zero-order valence-electron chi connectivity index (χ0n) is 18.4. The Kier molecular flexibility index (Phi) is 5.89. The zero-order valence-corrected chi connectivity index (χ0v) is 18.4. The van der Waals surface area contributed by atoms with Crippen molar-refractivity contribution in [2.24, 2.45) is 0 Å². The van der Waals surface area contributed by atoms with Crippen LogP contribution in [0.5, 0.6) is 11.5 Å². The highest BCUT2D eigenvalue weighted by molar-refractivity contribution is 5.99. The van der Waals surface area contributed by atoms with Crippen molar-refractivity contribution >= 4 is 23.6 Å². The van der Waals surface area contributed by atoms with E-state index >= 15 is 0 Å². The van der Waals surface area contributed by atoms with Gasteiger partial charge >= 0.3 is 0 Å². The SMILES string of the molecule is COc1ccc2c(c1)C=C(C(=O)N1CCCC(c3cccc(Nc4cnccn4)n3)C1)CO2. The summed E-state index contributed by atoms with van der Waals surface area (Å²) in [5, 5.41) is 3.19. The summed E-state index contributed by atoms with van der Waals surface area (Å²) < 4.78 is 11.1. The topological polar surface area (TPSA) is 89.5 Å². The van der Waals surface area contributed by atoms with E-state index in [1.807, 2.05) is 47.4 Å². The number of piperidine rings is 1. The summed E-state index contributed by atoms with van der Waals surface area (Å²) in [5.74, 6) is 3.04. The van der Waals surface area contributed by atoms with Crippen LogP contribution in [0.3, 0.4) is 0 Å². The maximum atomic E-state index is 13.3. The quantitative estimate of drug-likeness (QED) is 0.641. The molecule has 0 aliphatic carbocycles. The molecule has 3 aromatic rings. The lowest BCUT2D eigenvalue weighted by Crippen LogP contribution is -2.41. The van der Waals surface area contributed by atoms with Gasteiger partial charge in [-0.25, -0.2) is 9.97 Å². The van der Waals surface area contributed by atoms with E-state index in [2.05, 4.69) is 15.3 Å². The molecule has 0 radical (unpaired) electrons. The number of ether oxygens (including phenoxy) is 2. The van der Waals surface area contributed by atoms with Crippen LogP contribution in [0.2, 0.25) is 0 Å². The molecule has 1 saturated heterocycles. The Bertz CT molecular complexity index is 1180. The molecule has 8 heteroatoms. The number of pyridine rings is 1. The smallest absolute Gasteiger partial charge is 0.253 e. The van der Waals surface area contributed by atoms with Crippen LogP contribution in [0.25, 0.3) is 6.08 Å². The standard InChI is InChI=1S/C25H25N5O3/c1-32-20-7-8-22-18(13-20)12-19(16-33-22)25(31)30-11-3-4-17(15-30)21-5-2-6-23(28-21)29-24-14-26-9-10-27-24/h2,5-10,12-14,17H,3-4,11,15-16H2,1H3,(H,27,28,29). The molecule has 0 bridgehead atoms. The molecular formula is C25H25N5O3. The van der Waals surface area contributed by atoms with Crippen molar-refractivity contribution in [2.45, 2.75) is 18.8 Å². The fraction of sp³-hybridized carbons (Fsp3) is 0.280. The molecule has 1 atom stereocenters. The summed E-state index contributed by atoms with van der Waals surface area (Å²) in [7, 11) is 1.63. The first-order valence-electron chi connectivity index (χ1n) is 11.0. The number of anilines is 2. The summed E-state index contributed by atoms with van der Waals surface area (Å²) >= 11 is 0. The summed E-state index contributed by atoms with van der Waals surface area (Å²) in [6.45, 7) is 1.63. The van der Waals surface area contributed by atoms with Crippen LogP contribution < -0.4 is 14.8 Å². The lowest BCUT2D eigenvalue weighted by atomic mass is 9.93. The Balaban J connectivity index is 1.30. The average Bonchev–Trinajstić information content (AvgIpc) is 2.88. The van der Waals surface area contributed by atoms with E-state index in [0.717, 1.165) is 42.1 Å². The molecule has 2 aliphatic rings. The van der Waals surface area contributed by atoms with Gasteiger partial charge in [-0.1, -0.05) is 6.07 Å². The predicted octanol–water partition coefficient (Wildman–Crippen LogP) is 3.81. The molecule has 0 saturated carbocycles. The van der Waals surface area contributed by atoms with E-state index in [-0.39, 0.29) is 18.4 Å². The molecule has 8 nitrogen and oxygen atoms in total. The largest absolute Gasteiger partial charge is 0.497 e. The number of nitrogens with zero attached hydrogens (tertiary/aromatic N) is 4. The fourth-order valence-corrected chi connectivity index (χ4v) is 4.26. The molecule has 1 N–H and O–H groups in total. The predicted molar refractivity (Wildman–Crippen MR) is 125 cm³/mol. The van der Waals surface area contributed by atoms with Crippen molar-refractivity contribution in [3.8, 4) is 11.5 Å². The van der Waals surface area contributed by atoms with E-state index in [1.165, 1.54) is 0 Å². The molecule has 1 amide bonds. The van der Waals surface area contributed by atoms with E-state index < -0.39 is 0 Å². The monoisotopic (exact) mass is 443 g/mol. The van der Waals surface area contributed by atoms with Gasteiger partial charge in [0.15, 0.2) is 0 Å². The van der Waals surface area contributed by atoms with Crippen molar-refractivity contribution in [2.75, 3.05) is 32.1 Å². The number of nitrogens with one attached hydrogen (secondary N) is 1. The summed E-state index contributed by atoms with van der Waals surface area (Å²) in [4.78, 5) is 28.3. The number of rotatable bonds is 5. The summed E-state index contributed by atoms with van der Waals surface area (Å²) in [6.07, 6.45) is 8.75. The first-order chi connectivity index (χ1) is 16.2. The van der Waals surface area contributed by atoms with Crippen molar-refractivity contribution < 1.29 is 14.3 Å². The highest BCUT2D eigenvalue weighted by Gasteiger charge is 2.29. The second kappa shape index (κ2) is 9.28. The zero-order chi connectivity index (χ0) is 22.6. The molecule has 1 unspecified atom stereocenters. The third-order valence-corrected chi connectivity index (χ3v) is 5.92. The fourth-order valence-electron chi connectivity index (χ4n) is 4.26. The minimum absolute atomic E-state index is 0.0157. The number of hydrogen-bond acceptors (Lipinski definition) is 7. The van der Waals surface area contributed by atoms with Crippen LogP contribution in [0.4, 0.5) is 11.6 Å². The molecule has 1 fully saturated rings. The van der Waals surface area contributed by atoms with Crippen molar-refractivity contribution in [1.82, 2.24) is 19.9 Å². The van der Waals surface area contributed by atoms with Gasteiger partial charge in [0.05, 0.1) is 18.9 Å². The van der Waals surface area contributed by atoms with E-state index in [0.29, 0.717) is 23.8 Å². The summed E-state index contributed by atoms with van der Waals surface area (Å²) in [5.41, 5.74) is 2.48. The molecule has 33 heavy (non-hydrogen) atoms. The highest BCUT2D eigenvalue weighted by atomic mass is 16.5. The lowest BCUT2D eigenvalue weighted by molar-refractivity contribution is -0.128. The Labute approximate surface area is 192 Å². The van der Waals surface area contributed by atoms with Crippen molar-refractivity contribution in [1.29, 1.82) is 0 Å². The molecular weight excluding hydrogens is 418 g/mol. The third kappa shape index (κ3) is 4.64. The van der Waals surface area contributed by atoms with Crippen molar-refractivity contribution in [3.05, 3.63) is 71.8 Å². The molecule has 2 aromatic heterocycles. The normalized spacial score (nSPS) is 17.4. The Morgan fingerprint density at radius 2 is 2.15 bits per heavy atom. The lowest BCUT2D eigenvalue weighted by Gasteiger charge is -2.33. The highest BCUT2D eigenvalue weighted by Crippen LogP contribution is 2.32. The number of methoxy groups -OCH3 is 1. The van der Waals surface area contributed by atoms with Crippen LogP contribution in [0.15, 0.2) is 60.6 Å². The number of hydrogen-bond donors (Lipinski definition) is 1. The van der Waals surface area contributed by atoms with Crippen molar-refractivity contribution in [3.63, 3.8) is 0 Å². The maximum absolute atomic E-state index is 13.3. The van der Waals surface area contributed by atoms with Gasteiger partial charge in [0.2, 0.25) is 0 Å². The average molecular weight is 444 g/mol. The first-order valence-corrected chi connectivity index (χ1v) is 11.0. The third-order valence-electron chi connectivity index (χ3n) is 5.92. The Morgan fingerprint density at radius 1 is 1.21 bits per heavy atom. The number of benzene rings is 1. The Morgan fingerprint density at radius 3 is 3.00 bits per heavy atom. The van der Waals surface area contributed by atoms with Gasteiger partial charge in [-0.3, -0.25) is 9.78 Å². The maximum Gasteiger partial charge on any atom is 0.253 e.